The number of aliphatic imine (C=N–C) groups is 1. The van der Waals surface area contributed by atoms with Crippen LogP contribution in [0.15, 0.2) is 4.99 Å². The summed E-state index contributed by atoms with van der Waals surface area (Å²) >= 11 is 2.11. The maximum absolute atomic E-state index is 4.80. The van der Waals surface area contributed by atoms with Gasteiger partial charge in [-0.15, -0.1) is 24.0 Å². The number of hydrogen-bond acceptors (Lipinski definition) is 3. The van der Waals surface area contributed by atoms with Gasteiger partial charge in [0, 0.05) is 37.2 Å². The number of nitrogens with zero attached hydrogens (tertiary/aromatic N) is 3. The van der Waals surface area contributed by atoms with Crippen molar-refractivity contribution in [1.29, 1.82) is 0 Å². The summed E-state index contributed by atoms with van der Waals surface area (Å²) in [7, 11) is 4.23. The highest BCUT2D eigenvalue weighted by atomic mass is 127. The summed E-state index contributed by atoms with van der Waals surface area (Å²) in [5, 5.41) is 4.18. The Morgan fingerprint density at radius 1 is 1.43 bits per heavy atom. The minimum atomic E-state index is 0. The first-order chi connectivity index (χ1) is 9.54. The summed E-state index contributed by atoms with van der Waals surface area (Å²) in [5.41, 5.74) is 0. The van der Waals surface area contributed by atoms with E-state index in [2.05, 4.69) is 61.7 Å². The smallest absolute Gasteiger partial charge is 0.193 e. The standard InChI is InChI=1S/C15H32N4S.HI/c1-6-16-15(17-8-7-9-18(4)5)19-10-11-20-14(12-19)13(2)3;/h13-14H,6-12H2,1-5H3,(H,16,17);1H. The van der Waals surface area contributed by atoms with Crippen molar-refractivity contribution in [1.82, 2.24) is 15.1 Å². The van der Waals surface area contributed by atoms with Crippen LogP contribution in [0, 0.1) is 5.92 Å². The Labute approximate surface area is 152 Å². The van der Waals surface area contributed by atoms with Gasteiger partial charge in [-0.05, 0) is 39.9 Å². The molecule has 0 spiro atoms. The third-order valence-corrected chi connectivity index (χ3v) is 5.04. The summed E-state index contributed by atoms with van der Waals surface area (Å²) in [6.07, 6.45) is 1.12. The van der Waals surface area contributed by atoms with E-state index >= 15 is 0 Å². The predicted molar refractivity (Wildman–Crippen MR) is 107 cm³/mol. The van der Waals surface area contributed by atoms with Crippen molar-refractivity contribution >= 4 is 41.7 Å². The molecule has 0 radical (unpaired) electrons. The predicted octanol–water partition coefficient (Wildman–Crippen LogP) is 2.60. The minimum Gasteiger partial charge on any atom is -0.357 e. The first-order valence-electron chi connectivity index (χ1n) is 7.84. The molecular weight excluding hydrogens is 395 g/mol. The van der Waals surface area contributed by atoms with Gasteiger partial charge in [0.05, 0.1) is 0 Å². The van der Waals surface area contributed by atoms with Crippen LogP contribution in [0.4, 0.5) is 0 Å². The zero-order valence-electron chi connectivity index (χ0n) is 14.3. The second-order valence-electron chi connectivity index (χ2n) is 5.99. The van der Waals surface area contributed by atoms with Gasteiger partial charge in [-0.25, -0.2) is 0 Å². The molecule has 21 heavy (non-hydrogen) atoms. The van der Waals surface area contributed by atoms with Crippen LogP contribution in [0.5, 0.6) is 0 Å². The van der Waals surface area contributed by atoms with Gasteiger partial charge < -0.3 is 15.1 Å². The monoisotopic (exact) mass is 428 g/mol. The summed E-state index contributed by atoms with van der Waals surface area (Å²) in [5.74, 6) is 3.06. The molecule has 1 atom stereocenters. The molecule has 1 N–H and O–H groups in total. The zero-order chi connectivity index (χ0) is 15.0. The molecular formula is C15H33IN4S. The first-order valence-corrected chi connectivity index (χ1v) is 8.89. The van der Waals surface area contributed by atoms with E-state index < -0.39 is 0 Å². The second-order valence-corrected chi connectivity index (χ2v) is 7.34. The lowest BCUT2D eigenvalue weighted by atomic mass is 10.1. The molecule has 0 aromatic heterocycles. The van der Waals surface area contributed by atoms with Crippen LogP contribution in [-0.2, 0) is 0 Å². The fourth-order valence-corrected chi connectivity index (χ4v) is 3.57. The quantitative estimate of drug-likeness (QED) is 0.305. The highest BCUT2D eigenvalue weighted by Gasteiger charge is 2.24. The van der Waals surface area contributed by atoms with E-state index in [9.17, 15) is 0 Å². The topological polar surface area (TPSA) is 30.9 Å². The van der Waals surface area contributed by atoms with Crippen LogP contribution < -0.4 is 5.32 Å². The zero-order valence-corrected chi connectivity index (χ0v) is 17.4. The molecule has 0 saturated carbocycles. The summed E-state index contributed by atoms with van der Waals surface area (Å²) in [4.78, 5) is 9.46. The second kappa shape index (κ2) is 11.8. The van der Waals surface area contributed by atoms with Crippen molar-refractivity contribution in [2.24, 2.45) is 10.9 Å². The van der Waals surface area contributed by atoms with E-state index in [1.807, 2.05) is 0 Å². The lowest BCUT2D eigenvalue weighted by Crippen LogP contribution is -2.49. The number of thioether (sulfide) groups is 1. The van der Waals surface area contributed by atoms with Gasteiger partial charge in [-0.3, -0.25) is 4.99 Å². The van der Waals surface area contributed by atoms with Gasteiger partial charge in [-0.1, -0.05) is 13.8 Å². The molecule has 1 unspecified atom stereocenters. The SMILES string of the molecule is CCNC(=NCCCN(C)C)N1CCSC(C(C)C)C1.I. The van der Waals surface area contributed by atoms with Crippen molar-refractivity contribution in [2.75, 3.05) is 52.6 Å². The molecule has 1 aliphatic heterocycles. The van der Waals surface area contributed by atoms with Crippen LogP contribution in [0.25, 0.3) is 0 Å². The molecule has 126 valence electrons. The molecule has 1 aliphatic rings. The van der Waals surface area contributed by atoms with E-state index in [0.717, 1.165) is 56.3 Å². The van der Waals surface area contributed by atoms with Crippen molar-refractivity contribution in [2.45, 2.75) is 32.4 Å². The molecule has 0 bridgehead atoms. The van der Waals surface area contributed by atoms with Gasteiger partial charge in [0.2, 0.25) is 0 Å². The highest BCUT2D eigenvalue weighted by molar-refractivity contribution is 14.0. The van der Waals surface area contributed by atoms with E-state index in [0.29, 0.717) is 0 Å². The number of guanidine groups is 1. The maximum atomic E-state index is 4.80. The van der Waals surface area contributed by atoms with E-state index in [1.54, 1.807) is 0 Å². The van der Waals surface area contributed by atoms with Gasteiger partial charge >= 0.3 is 0 Å². The molecule has 1 rings (SSSR count). The molecule has 1 fully saturated rings. The molecule has 0 aromatic carbocycles. The summed E-state index contributed by atoms with van der Waals surface area (Å²) in [6.45, 7) is 12.0. The minimum absolute atomic E-state index is 0. The summed E-state index contributed by atoms with van der Waals surface area (Å²) < 4.78 is 0. The fraction of sp³-hybridized carbons (Fsp3) is 0.933. The average Bonchev–Trinajstić information content (AvgIpc) is 2.42. The molecule has 0 aliphatic carbocycles. The molecule has 1 saturated heterocycles. The summed E-state index contributed by atoms with van der Waals surface area (Å²) in [6, 6.07) is 0. The number of hydrogen-bond donors (Lipinski definition) is 1. The third-order valence-electron chi connectivity index (χ3n) is 3.50. The van der Waals surface area contributed by atoms with Crippen LogP contribution in [-0.4, -0.2) is 73.6 Å². The van der Waals surface area contributed by atoms with E-state index in [1.165, 1.54) is 5.75 Å². The number of rotatable bonds is 6. The molecule has 6 heteroatoms. The van der Waals surface area contributed by atoms with Crippen molar-refractivity contribution in [3.05, 3.63) is 0 Å². The molecule has 1 heterocycles. The molecule has 0 amide bonds. The first kappa shape index (κ1) is 21.3. The molecule has 0 aromatic rings. The Bertz CT molecular complexity index is 297. The van der Waals surface area contributed by atoms with Crippen molar-refractivity contribution < 1.29 is 0 Å². The lowest BCUT2D eigenvalue weighted by molar-refractivity contribution is 0.378. The van der Waals surface area contributed by atoms with Crippen molar-refractivity contribution in [3.8, 4) is 0 Å². The van der Waals surface area contributed by atoms with Gasteiger partial charge in [0.25, 0.3) is 0 Å². The van der Waals surface area contributed by atoms with Gasteiger partial charge in [0.1, 0.15) is 0 Å². The molecule has 4 nitrogen and oxygen atoms in total. The fourth-order valence-electron chi connectivity index (χ4n) is 2.27. The van der Waals surface area contributed by atoms with E-state index in [-0.39, 0.29) is 24.0 Å². The Hall–Kier alpha value is 0.310. The van der Waals surface area contributed by atoms with E-state index in [4.69, 9.17) is 4.99 Å². The number of halogens is 1. The Morgan fingerprint density at radius 2 is 2.14 bits per heavy atom. The largest absolute Gasteiger partial charge is 0.357 e. The van der Waals surface area contributed by atoms with Gasteiger partial charge in [-0.2, -0.15) is 11.8 Å². The Kier molecular flexibility index (Phi) is 12.0. The Morgan fingerprint density at radius 3 is 2.71 bits per heavy atom. The van der Waals surface area contributed by atoms with Gasteiger partial charge in [0.15, 0.2) is 5.96 Å². The lowest BCUT2D eigenvalue weighted by Gasteiger charge is -2.36. The highest BCUT2D eigenvalue weighted by Crippen LogP contribution is 2.24. The van der Waals surface area contributed by atoms with Crippen LogP contribution in [0.1, 0.15) is 27.2 Å². The van der Waals surface area contributed by atoms with Crippen LogP contribution >= 0.6 is 35.7 Å². The van der Waals surface area contributed by atoms with Crippen LogP contribution in [0.2, 0.25) is 0 Å². The average molecular weight is 428 g/mol. The van der Waals surface area contributed by atoms with Crippen molar-refractivity contribution in [3.63, 3.8) is 0 Å². The number of nitrogens with one attached hydrogen (secondary N) is 1. The Balaban J connectivity index is 0.00000400. The normalized spacial score (nSPS) is 19.9. The third kappa shape index (κ3) is 8.50. The maximum Gasteiger partial charge on any atom is 0.193 e. The van der Waals surface area contributed by atoms with Crippen LogP contribution in [0.3, 0.4) is 0 Å².